The van der Waals surface area contributed by atoms with E-state index in [9.17, 15) is 9.59 Å². The Bertz CT molecular complexity index is 1230. The molecule has 0 spiro atoms. The minimum Gasteiger partial charge on any atom is -0.451 e. The van der Waals surface area contributed by atoms with Gasteiger partial charge in [-0.3, -0.25) is 9.59 Å². The number of rotatable bonds is 4. The molecule has 28 heavy (non-hydrogen) atoms. The van der Waals surface area contributed by atoms with E-state index in [0.717, 1.165) is 11.1 Å². The summed E-state index contributed by atoms with van der Waals surface area (Å²) in [5, 5.41) is 7.73. The number of carbonyl (C=O) groups is 1. The fourth-order valence-corrected chi connectivity index (χ4v) is 2.92. The Labute approximate surface area is 164 Å². The molecule has 1 N–H and O–H groups in total. The molecule has 1 amide bonds. The lowest BCUT2D eigenvalue weighted by atomic mass is 10.1. The highest BCUT2D eigenvalue weighted by molar-refractivity contribution is 6.30. The molecule has 0 aliphatic heterocycles. The van der Waals surface area contributed by atoms with Crippen molar-refractivity contribution in [2.24, 2.45) is 0 Å². The number of fused-ring (bicyclic) bond motifs is 1. The molecule has 4 rings (SSSR count). The third-order valence-corrected chi connectivity index (χ3v) is 4.48. The summed E-state index contributed by atoms with van der Waals surface area (Å²) in [5.74, 6) is -0.0973. The Morgan fingerprint density at radius 3 is 2.68 bits per heavy atom. The van der Waals surface area contributed by atoms with E-state index in [2.05, 4.69) is 10.5 Å². The third kappa shape index (κ3) is 3.68. The maximum atomic E-state index is 12.4. The summed E-state index contributed by atoms with van der Waals surface area (Å²) in [7, 11) is 0. The first kappa shape index (κ1) is 18.0. The predicted octanol–water partition coefficient (Wildman–Crippen LogP) is 4.34. The monoisotopic (exact) mass is 394 g/mol. The number of nitrogens with zero attached hydrogens (tertiary/aromatic N) is 1. The summed E-state index contributed by atoms with van der Waals surface area (Å²) in [6.07, 6.45) is 0. The predicted molar refractivity (Wildman–Crippen MR) is 105 cm³/mol. The van der Waals surface area contributed by atoms with Gasteiger partial charge in [-0.05, 0) is 31.2 Å². The second-order valence-corrected chi connectivity index (χ2v) is 6.78. The number of benzene rings is 2. The number of aryl methyl sites for hydroxylation is 1. The molecular formula is C21H15ClN2O4. The van der Waals surface area contributed by atoms with E-state index >= 15 is 0 Å². The third-order valence-electron chi connectivity index (χ3n) is 4.23. The summed E-state index contributed by atoms with van der Waals surface area (Å²) in [6, 6.07) is 15.3. The van der Waals surface area contributed by atoms with Gasteiger partial charge in [0.2, 0.25) is 0 Å². The maximum absolute atomic E-state index is 12.4. The first-order chi connectivity index (χ1) is 13.5. The fourth-order valence-electron chi connectivity index (χ4n) is 2.79. The van der Waals surface area contributed by atoms with Gasteiger partial charge < -0.3 is 14.3 Å². The molecule has 0 atom stereocenters. The van der Waals surface area contributed by atoms with Crippen molar-refractivity contribution < 1.29 is 13.7 Å². The van der Waals surface area contributed by atoms with Gasteiger partial charge in [-0.25, -0.2) is 0 Å². The first-order valence-electron chi connectivity index (χ1n) is 8.54. The van der Waals surface area contributed by atoms with Crippen molar-refractivity contribution in [2.45, 2.75) is 13.5 Å². The molecule has 6 nitrogen and oxygen atoms in total. The molecule has 0 saturated carbocycles. The molecule has 4 aromatic rings. The second-order valence-electron chi connectivity index (χ2n) is 6.34. The minimum atomic E-state index is -0.510. The van der Waals surface area contributed by atoms with Gasteiger partial charge in [0.05, 0.1) is 11.9 Å². The molecule has 2 aromatic carbocycles. The van der Waals surface area contributed by atoms with Crippen LogP contribution in [0.2, 0.25) is 5.02 Å². The fraction of sp³-hybridized carbons (Fsp3) is 0.0952. The second kappa shape index (κ2) is 7.32. The van der Waals surface area contributed by atoms with Crippen LogP contribution in [0.25, 0.3) is 22.2 Å². The summed E-state index contributed by atoms with van der Waals surface area (Å²) in [4.78, 5) is 24.6. The Hall–Kier alpha value is -3.38. The SMILES string of the molecule is Cc1ccc2oc(C(=O)NCc3cc(-c4ccc(Cl)cc4)no3)cc(=O)c2c1. The van der Waals surface area contributed by atoms with E-state index in [1.54, 1.807) is 30.3 Å². The summed E-state index contributed by atoms with van der Waals surface area (Å²) < 4.78 is 10.8. The lowest BCUT2D eigenvalue weighted by Gasteiger charge is -2.04. The molecule has 0 radical (unpaired) electrons. The molecule has 0 fully saturated rings. The van der Waals surface area contributed by atoms with Gasteiger partial charge in [0.1, 0.15) is 11.3 Å². The van der Waals surface area contributed by atoms with Gasteiger partial charge in [0.25, 0.3) is 5.91 Å². The van der Waals surface area contributed by atoms with Crippen LogP contribution in [-0.4, -0.2) is 11.1 Å². The number of aromatic nitrogens is 1. The molecule has 0 bridgehead atoms. The Kier molecular flexibility index (Phi) is 4.71. The molecule has 2 heterocycles. The van der Waals surface area contributed by atoms with Crippen molar-refractivity contribution in [3.63, 3.8) is 0 Å². The van der Waals surface area contributed by atoms with Crippen molar-refractivity contribution in [1.82, 2.24) is 10.5 Å². The number of hydrogen-bond acceptors (Lipinski definition) is 5. The van der Waals surface area contributed by atoms with Crippen LogP contribution in [0.1, 0.15) is 21.9 Å². The summed E-state index contributed by atoms with van der Waals surface area (Å²) in [5.41, 5.74) is 2.53. The molecular weight excluding hydrogens is 380 g/mol. The van der Waals surface area contributed by atoms with E-state index < -0.39 is 5.91 Å². The number of amides is 1. The molecule has 0 aliphatic carbocycles. The van der Waals surface area contributed by atoms with Crippen LogP contribution in [-0.2, 0) is 6.54 Å². The van der Waals surface area contributed by atoms with Gasteiger partial charge in [0.15, 0.2) is 16.9 Å². The zero-order valence-electron chi connectivity index (χ0n) is 14.9. The van der Waals surface area contributed by atoms with Crippen LogP contribution in [0.5, 0.6) is 0 Å². The van der Waals surface area contributed by atoms with Gasteiger partial charge in [-0.2, -0.15) is 0 Å². The summed E-state index contributed by atoms with van der Waals surface area (Å²) in [6.45, 7) is 1.99. The summed E-state index contributed by atoms with van der Waals surface area (Å²) >= 11 is 5.88. The molecule has 140 valence electrons. The average Bonchev–Trinajstić information content (AvgIpc) is 3.16. The number of halogens is 1. The number of hydrogen-bond donors (Lipinski definition) is 1. The van der Waals surface area contributed by atoms with Crippen LogP contribution >= 0.6 is 11.6 Å². The Morgan fingerprint density at radius 2 is 1.89 bits per heavy atom. The largest absolute Gasteiger partial charge is 0.451 e. The zero-order chi connectivity index (χ0) is 19.7. The van der Waals surface area contributed by atoms with Crippen molar-refractivity contribution in [3.05, 3.63) is 86.9 Å². The van der Waals surface area contributed by atoms with Crippen molar-refractivity contribution >= 4 is 28.5 Å². The topological polar surface area (TPSA) is 85.3 Å². The first-order valence-corrected chi connectivity index (χ1v) is 8.91. The molecule has 7 heteroatoms. The molecule has 0 unspecified atom stereocenters. The van der Waals surface area contributed by atoms with E-state index in [1.807, 2.05) is 25.1 Å². The van der Waals surface area contributed by atoms with Crippen LogP contribution in [0.4, 0.5) is 0 Å². The van der Waals surface area contributed by atoms with Gasteiger partial charge in [-0.1, -0.05) is 40.5 Å². The highest BCUT2D eigenvalue weighted by atomic mass is 35.5. The van der Waals surface area contributed by atoms with Crippen LogP contribution in [0.3, 0.4) is 0 Å². The highest BCUT2D eigenvalue weighted by Crippen LogP contribution is 2.21. The van der Waals surface area contributed by atoms with Crippen molar-refractivity contribution in [3.8, 4) is 11.3 Å². The standard InChI is InChI=1S/C21H15ClN2O4/c1-12-2-7-19-16(8-12)18(25)10-20(27-19)21(26)23-11-15-9-17(24-28-15)13-3-5-14(22)6-4-13/h2-10H,11H2,1H3,(H,23,26). The van der Waals surface area contributed by atoms with Crippen molar-refractivity contribution in [2.75, 3.05) is 0 Å². The van der Waals surface area contributed by atoms with Crippen LogP contribution in [0, 0.1) is 6.92 Å². The normalized spacial score (nSPS) is 10.9. The Morgan fingerprint density at radius 1 is 1.11 bits per heavy atom. The van der Waals surface area contributed by atoms with Crippen molar-refractivity contribution in [1.29, 1.82) is 0 Å². The molecule has 0 saturated heterocycles. The highest BCUT2D eigenvalue weighted by Gasteiger charge is 2.14. The lowest BCUT2D eigenvalue weighted by molar-refractivity contribution is 0.0920. The van der Waals surface area contributed by atoms with Gasteiger partial charge in [0, 0.05) is 22.7 Å². The molecule has 2 aromatic heterocycles. The zero-order valence-corrected chi connectivity index (χ0v) is 15.6. The van der Waals surface area contributed by atoms with E-state index in [-0.39, 0.29) is 17.7 Å². The maximum Gasteiger partial charge on any atom is 0.287 e. The van der Waals surface area contributed by atoms with Crippen LogP contribution in [0.15, 0.2) is 68.3 Å². The van der Waals surface area contributed by atoms with Crippen LogP contribution < -0.4 is 10.7 Å². The number of carbonyl (C=O) groups excluding carboxylic acids is 1. The van der Waals surface area contributed by atoms with Gasteiger partial charge >= 0.3 is 0 Å². The smallest absolute Gasteiger partial charge is 0.287 e. The quantitative estimate of drug-likeness (QED) is 0.556. The minimum absolute atomic E-state index is 0.0567. The van der Waals surface area contributed by atoms with Gasteiger partial charge in [-0.15, -0.1) is 0 Å². The average molecular weight is 395 g/mol. The molecule has 0 aliphatic rings. The van der Waals surface area contributed by atoms with E-state index in [4.69, 9.17) is 20.5 Å². The lowest BCUT2D eigenvalue weighted by Crippen LogP contribution is -2.23. The number of nitrogens with one attached hydrogen (secondary N) is 1. The van der Waals surface area contributed by atoms with E-state index in [0.29, 0.717) is 27.4 Å². The van der Waals surface area contributed by atoms with E-state index in [1.165, 1.54) is 6.07 Å². The Balaban J connectivity index is 1.49.